The van der Waals surface area contributed by atoms with Gasteiger partial charge in [0.1, 0.15) is 12.4 Å². The van der Waals surface area contributed by atoms with Crippen LogP contribution >= 0.6 is 11.6 Å². The molecule has 0 bridgehead atoms. The third-order valence-electron chi connectivity index (χ3n) is 5.03. The Balaban J connectivity index is 1.42. The van der Waals surface area contributed by atoms with Gasteiger partial charge in [0, 0.05) is 30.7 Å². The molecule has 2 amide bonds. The summed E-state index contributed by atoms with van der Waals surface area (Å²) in [6, 6.07) is 18.2. The summed E-state index contributed by atoms with van der Waals surface area (Å²) in [5.74, 6) is 0.451. The van der Waals surface area contributed by atoms with Crippen molar-refractivity contribution in [3.63, 3.8) is 0 Å². The van der Waals surface area contributed by atoms with E-state index < -0.39 is 0 Å². The fraction of sp³-hybridized carbons (Fsp3) is 0.208. The lowest BCUT2D eigenvalue weighted by Crippen LogP contribution is -2.29. The highest BCUT2D eigenvalue weighted by Gasteiger charge is 2.26. The first-order valence-electron chi connectivity index (χ1n) is 10.1. The van der Waals surface area contributed by atoms with Crippen molar-refractivity contribution in [2.24, 2.45) is 0 Å². The van der Waals surface area contributed by atoms with Gasteiger partial charge in [-0.3, -0.25) is 14.6 Å². The molecule has 7 heteroatoms. The fourth-order valence-corrected chi connectivity index (χ4v) is 3.65. The largest absolute Gasteiger partial charge is 0.487 e. The molecule has 0 radical (unpaired) electrons. The lowest BCUT2D eigenvalue weighted by Gasteiger charge is -2.20. The second-order valence-electron chi connectivity index (χ2n) is 7.25. The van der Waals surface area contributed by atoms with Gasteiger partial charge in [0.05, 0.1) is 16.9 Å². The summed E-state index contributed by atoms with van der Waals surface area (Å²) >= 11 is 6.12. The Labute approximate surface area is 185 Å². The summed E-state index contributed by atoms with van der Waals surface area (Å²) in [5.41, 5.74) is 2.73. The van der Waals surface area contributed by atoms with Gasteiger partial charge < -0.3 is 15.0 Å². The molecule has 1 aliphatic heterocycles. The van der Waals surface area contributed by atoms with Crippen LogP contribution in [0.5, 0.6) is 5.75 Å². The average Bonchev–Trinajstić information content (AvgIpc) is 3.23. The zero-order chi connectivity index (χ0) is 21.6. The van der Waals surface area contributed by atoms with E-state index in [2.05, 4.69) is 10.3 Å². The first-order chi connectivity index (χ1) is 15.1. The van der Waals surface area contributed by atoms with Gasteiger partial charge >= 0.3 is 0 Å². The van der Waals surface area contributed by atoms with E-state index in [0.29, 0.717) is 48.1 Å². The quantitative estimate of drug-likeness (QED) is 0.598. The summed E-state index contributed by atoms with van der Waals surface area (Å²) in [4.78, 5) is 30.9. The molecule has 6 nitrogen and oxygen atoms in total. The van der Waals surface area contributed by atoms with E-state index in [0.717, 1.165) is 17.7 Å². The number of hydrogen-bond acceptors (Lipinski definition) is 4. The van der Waals surface area contributed by atoms with E-state index in [1.165, 1.54) is 0 Å². The Morgan fingerprint density at radius 1 is 1.13 bits per heavy atom. The molecular formula is C24H22ClN3O3. The van der Waals surface area contributed by atoms with Gasteiger partial charge in [-0.2, -0.15) is 0 Å². The molecule has 1 aromatic heterocycles. The van der Waals surface area contributed by atoms with Crippen LogP contribution in [-0.2, 0) is 17.9 Å². The predicted octanol–water partition coefficient (Wildman–Crippen LogP) is 4.37. The molecule has 1 N–H and O–H groups in total. The molecule has 0 unspecified atom stereocenters. The molecule has 0 spiro atoms. The van der Waals surface area contributed by atoms with Crippen LogP contribution in [0.4, 0.5) is 5.69 Å². The number of carbonyl (C=O) groups is 2. The molecule has 4 rings (SSSR count). The third-order valence-corrected chi connectivity index (χ3v) is 5.27. The van der Waals surface area contributed by atoms with Crippen LogP contribution in [0.15, 0.2) is 66.9 Å². The number of carbonyl (C=O) groups excluding carboxylic acids is 2. The predicted molar refractivity (Wildman–Crippen MR) is 119 cm³/mol. The Kier molecular flexibility index (Phi) is 6.48. The van der Waals surface area contributed by atoms with Crippen molar-refractivity contribution < 1.29 is 14.3 Å². The summed E-state index contributed by atoms with van der Waals surface area (Å²) in [6.45, 7) is 1.29. The fourth-order valence-electron chi connectivity index (χ4n) is 3.49. The minimum Gasteiger partial charge on any atom is -0.487 e. The first-order valence-corrected chi connectivity index (χ1v) is 10.5. The number of aromatic nitrogens is 1. The van der Waals surface area contributed by atoms with Crippen molar-refractivity contribution in [2.45, 2.75) is 26.0 Å². The summed E-state index contributed by atoms with van der Waals surface area (Å²) < 4.78 is 5.80. The number of amides is 2. The minimum absolute atomic E-state index is 0.00840. The third kappa shape index (κ3) is 5.22. The van der Waals surface area contributed by atoms with Crippen molar-refractivity contribution in [1.82, 2.24) is 10.3 Å². The van der Waals surface area contributed by atoms with Crippen LogP contribution in [0.25, 0.3) is 0 Å². The lowest BCUT2D eigenvalue weighted by atomic mass is 10.1. The molecule has 0 atom stereocenters. The van der Waals surface area contributed by atoms with Crippen molar-refractivity contribution >= 4 is 29.1 Å². The van der Waals surface area contributed by atoms with E-state index in [4.69, 9.17) is 16.3 Å². The molecular weight excluding hydrogens is 414 g/mol. The van der Waals surface area contributed by atoms with Crippen molar-refractivity contribution in [3.8, 4) is 5.75 Å². The Bertz CT molecular complexity index is 1090. The maximum atomic E-state index is 12.9. The smallest absolute Gasteiger partial charge is 0.253 e. The molecule has 158 valence electrons. The highest BCUT2D eigenvalue weighted by molar-refractivity contribution is 6.31. The van der Waals surface area contributed by atoms with Crippen LogP contribution < -0.4 is 15.0 Å². The number of anilines is 1. The van der Waals surface area contributed by atoms with E-state index in [-0.39, 0.29) is 11.8 Å². The van der Waals surface area contributed by atoms with E-state index in [1.807, 2.05) is 42.5 Å². The van der Waals surface area contributed by atoms with E-state index >= 15 is 0 Å². The standard InChI is InChI=1S/C24H22ClN3O3/c25-18-9-10-21(22(14-18)28-12-4-8-23(28)29)24(30)27-15-17-5-3-7-20(13-17)31-16-19-6-1-2-11-26-19/h1-3,5-7,9-11,13-14H,4,8,12,15-16H2,(H,27,30). The molecule has 1 fully saturated rings. The monoisotopic (exact) mass is 435 g/mol. The van der Waals surface area contributed by atoms with Crippen LogP contribution in [0, 0.1) is 0 Å². The van der Waals surface area contributed by atoms with Crippen molar-refractivity contribution in [2.75, 3.05) is 11.4 Å². The van der Waals surface area contributed by atoms with Crippen LogP contribution in [0.1, 0.15) is 34.5 Å². The van der Waals surface area contributed by atoms with Crippen LogP contribution in [-0.4, -0.2) is 23.3 Å². The zero-order valence-electron chi connectivity index (χ0n) is 16.9. The molecule has 31 heavy (non-hydrogen) atoms. The summed E-state index contributed by atoms with van der Waals surface area (Å²) in [7, 11) is 0. The zero-order valence-corrected chi connectivity index (χ0v) is 17.6. The highest BCUT2D eigenvalue weighted by atomic mass is 35.5. The van der Waals surface area contributed by atoms with Gasteiger partial charge in [0.2, 0.25) is 5.91 Å². The highest BCUT2D eigenvalue weighted by Crippen LogP contribution is 2.28. The number of nitrogens with zero attached hydrogens (tertiary/aromatic N) is 2. The van der Waals surface area contributed by atoms with Crippen LogP contribution in [0.3, 0.4) is 0 Å². The molecule has 1 saturated heterocycles. The van der Waals surface area contributed by atoms with Gasteiger partial charge in [0.15, 0.2) is 0 Å². The van der Waals surface area contributed by atoms with Gasteiger partial charge in [-0.1, -0.05) is 29.8 Å². The second kappa shape index (κ2) is 9.62. The Hall–Kier alpha value is -3.38. The van der Waals surface area contributed by atoms with Gasteiger partial charge in [-0.15, -0.1) is 0 Å². The number of halogens is 1. The normalized spacial score (nSPS) is 13.3. The SMILES string of the molecule is O=C(NCc1cccc(OCc2ccccn2)c1)c1ccc(Cl)cc1N1CCCC1=O. The first kappa shape index (κ1) is 20.9. The number of benzene rings is 2. The van der Waals surface area contributed by atoms with Gasteiger partial charge in [-0.25, -0.2) is 0 Å². The molecule has 3 aromatic rings. The van der Waals surface area contributed by atoms with Crippen molar-refractivity contribution in [1.29, 1.82) is 0 Å². The molecule has 1 aliphatic rings. The lowest BCUT2D eigenvalue weighted by molar-refractivity contribution is -0.117. The average molecular weight is 436 g/mol. The topological polar surface area (TPSA) is 71.5 Å². The molecule has 2 heterocycles. The molecule has 0 saturated carbocycles. The Morgan fingerprint density at radius 2 is 2.03 bits per heavy atom. The maximum absolute atomic E-state index is 12.9. The van der Waals surface area contributed by atoms with E-state index in [9.17, 15) is 9.59 Å². The summed E-state index contributed by atoms with van der Waals surface area (Å²) in [6.07, 6.45) is 2.99. The summed E-state index contributed by atoms with van der Waals surface area (Å²) in [5, 5.41) is 3.42. The molecule has 2 aromatic carbocycles. The maximum Gasteiger partial charge on any atom is 0.253 e. The van der Waals surface area contributed by atoms with Gasteiger partial charge in [-0.05, 0) is 54.4 Å². The number of pyridine rings is 1. The van der Waals surface area contributed by atoms with Crippen LogP contribution in [0.2, 0.25) is 5.02 Å². The molecule has 0 aliphatic carbocycles. The minimum atomic E-state index is -0.258. The Morgan fingerprint density at radius 3 is 2.81 bits per heavy atom. The number of hydrogen-bond donors (Lipinski definition) is 1. The second-order valence-corrected chi connectivity index (χ2v) is 7.69. The number of ether oxygens (including phenoxy) is 1. The number of nitrogens with one attached hydrogen (secondary N) is 1. The number of rotatable bonds is 7. The van der Waals surface area contributed by atoms with E-state index in [1.54, 1.807) is 29.3 Å². The van der Waals surface area contributed by atoms with Gasteiger partial charge in [0.25, 0.3) is 5.91 Å². The van der Waals surface area contributed by atoms with Crippen molar-refractivity contribution in [3.05, 3.63) is 88.7 Å².